The molecule has 1 radical (unpaired) electrons. The molecule has 0 heterocycles. The predicted octanol–water partition coefficient (Wildman–Crippen LogP) is 5.09. The van der Waals surface area contributed by atoms with Crippen LogP contribution in [-0.4, -0.2) is 0 Å². The van der Waals surface area contributed by atoms with E-state index in [1.807, 2.05) is 0 Å². The zero-order chi connectivity index (χ0) is 12.3. The molecule has 2 rings (SSSR count). The normalized spacial score (nSPS) is 13.7. The van der Waals surface area contributed by atoms with Crippen molar-refractivity contribution in [3.8, 4) is 0 Å². The Bertz CT molecular complexity index is 424. The summed E-state index contributed by atoms with van der Waals surface area (Å²) < 4.78 is 0. The highest BCUT2D eigenvalue weighted by molar-refractivity contribution is 5.72. The Hall–Kier alpha value is -1.04. The molecule has 0 heteroatoms. The van der Waals surface area contributed by atoms with Crippen molar-refractivity contribution in [1.29, 1.82) is 0 Å². The van der Waals surface area contributed by atoms with Gasteiger partial charge in [-0.3, -0.25) is 0 Å². The number of unbranched alkanes of at least 4 members (excludes halogenated alkanes) is 3. The molecular formula is C17H23. The van der Waals surface area contributed by atoms with Crippen LogP contribution in [-0.2, 0) is 6.42 Å². The molecule has 0 atom stereocenters. The topological polar surface area (TPSA) is 0 Å². The smallest absolute Gasteiger partial charge is 0.0164 e. The van der Waals surface area contributed by atoms with Gasteiger partial charge in [-0.15, -0.1) is 0 Å². The lowest BCUT2D eigenvalue weighted by Crippen LogP contribution is -1.94. The van der Waals surface area contributed by atoms with Gasteiger partial charge in [-0.25, -0.2) is 0 Å². The summed E-state index contributed by atoms with van der Waals surface area (Å²) in [6.45, 7) is 6.67. The zero-order valence-corrected chi connectivity index (χ0v) is 11.3. The summed E-state index contributed by atoms with van der Waals surface area (Å²) in [4.78, 5) is 0. The van der Waals surface area contributed by atoms with E-state index in [1.54, 1.807) is 0 Å². The maximum absolute atomic E-state index is 2.34. The van der Waals surface area contributed by atoms with Crippen LogP contribution >= 0.6 is 0 Å². The average Bonchev–Trinajstić information content (AvgIpc) is 2.70. The van der Waals surface area contributed by atoms with Crippen LogP contribution in [0.1, 0.15) is 61.8 Å². The number of aryl methyl sites for hydroxylation is 2. The van der Waals surface area contributed by atoms with Crippen molar-refractivity contribution in [1.82, 2.24) is 0 Å². The molecular weight excluding hydrogens is 204 g/mol. The third-order valence-corrected chi connectivity index (χ3v) is 3.64. The van der Waals surface area contributed by atoms with E-state index >= 15 is 0 Å². The van der Waals surface area contributed by atoms with E-state index in [2.05, 4.69) is 45.4 Å². The van der Waals surface area contributed by atoms with Crippen LogP contribution in [0.5, 0.6) is 0 Å². The van der Waals surface area contributed by atoms with Crippen LogP contribution in [0.25, 0.3) is 6.08 Å². The minimum atomic E-state index is 1.24. The Labute approximate surface area is 106 Å². The molecule has 1 aliphatic rings. The van der Waals surface area contributed by atoms with E-state index in [0.29, 0.717) is 0 Å². The molecule has 0 saturated carbocycles. The highest BCUT2D eigenvalue weighted by Crippen LogP contribution is 2.32. The summed E-state index contributed by atoms with van der Waals surface area (Å²) in [5, 5.41) is 0. The Morgan fingerprint density at radius 2 is 1.76 bits per heavy atom. The number of rotatable bonds is 5. The van der Waals surface area contributed by atoms with Gasteiger partial charge in [0.1, 0.15) is 0 Å². The molecule has 0 saturated heterocycles. The summed E-state index contributed by atoms with van der Waals surface area (Å²) in [6, 6.07) is 4.60. The van der Waals surface area contributed by atoms with Crippen molar-refractivity contribution < 1.29 is 0 Å². The van der Waals surface area contributed by atoms with Gasteiger partial charge in [0.25, 0.3) is 0 Å². The molecule has 0 N–H and O–H groups in total. The van der Waals surface area contributed by atoms with Crippen LogP contribution in [0.3, 0.4) is 0 Å². The number of fused-ring (bicyclic) bond motifs is 1. The lowest BCUT2D eigenvalue weighted by Gasteiger charge is -2.10. The van der Waals surface area contributed by atoms with Crippen molar-refractivity contribution in [2.75, 3.05) is 0 Å². The number of hydrogen-bond donors (Lipinski definition) is 0. The number of benzene rings is 1. The van der Waals surface area contributed by atoms with E-state index < -0.39 is 0 Å². The standard InChI is InChI=1S/C17H23/c1-4-5-6-7-8-15-10-9-14(3)16-11-13(2)12-17(15)16/h9-12H,4-8H2,1-3H3. The minimum Gasteiger partial charge on any atom is -0.0654 e. The quantitative estimate of drug-likeness (QED) is 0.615. The van der Waals surface area contributed by atoms with Gasteiger partial charge in [-0.05, 0) is 48.9 Å². The molecule has 1 aromatic rings. The first-order valence-corrected chi connectivity index (χ1v) is 6.88. The molecule has 0 amide bonds. The fourth-order valence-electron chi connectivity index (χ4n) is 2.61. The second-order valence-corrected chi connectivity index (χ2v) is 5.21. The summed E-state index contributed by atoms with van der Waals surface area (Å²) in [6.07, 6.45) is 11.3. The first-order chi connectivity index (χ1) is 8.22. The number of hydrogen-bond acceptors (Lipinski definition) is 0. The predicted molar refractivity (Wildman–Crippen MR) is 76.1 cm³/mol. The van der Waals surface area contributed by atoms with Gasteiger partial charge in [0.2, 0.25) is 0 Å². The average molecular weight is 227 g/mol. The molecule has 17 heavy (non-hydrogen) atoms. The molecule has 1 aliphatic carbocycles. The summed E-state index contributed by atoms with van der Waals surface area (Å²) in [5.41, 5.74) is 7.28. The van der Waals surface area contributed by atoms with Gasteiger partial charge in [0.15, 0.2) is 0 Å². The van der Waals surface area contributed by atoms with Crippen molar-refractivity contribution in [2.45, 2.75) is 52.9 Å². The second-order valence-electron chi connectivity index (χ2n) is 5.21. The van der Waals surface area contributed by atoms with Gasteiger partial charge in [0, 0.05) is 6.42 Å². The van der Waals surface area contributed by atoms with E-state index in [-0.39, 0.29) is 0 Å². The first kappa shape index (κ1) is 12.4. The molecule has 0 bridgehead atoms. The van der Waals surface area contributed by atoms with Crippen LogP contribution in [0.2, 0.25) is 0 Å². The van der Waals surface area contributed by atoms with Gasteiger partial charge < -0.3 is 0 Å². The summed E-state index contributed by atoms with van der Waals surface area (Å²) in [7, 11) is 0. The summed E-state index contributed by atoms with van der Waals surface area (Å²) in [5.74, 6) is 0. The molecule has 0 aliphatic heterocycles. The molecule has 0 unspecified atom stereocenters. The van der Waals surface area contributed by atoms with Gasteiger partial charge in [0.05, 0.1) is 0 Å². The molecule has 91 valence electrons. The van der Waals surface area contributed by atoms with E-state index in [9.17, 15) is 0 Å². The van der Waals surface area contributed by atoms with Crippen molar-refractivity contribution in [3.05, 3.63) is 46.4 Å². The Morgan fingerprint density at radius 1 is 0.941 bits per heavy atom. The van der Waals surface area contributed by atoms with Gasteiger partial charge in [-0.2, -0.15) is 0 Å². The Kier molecular flexibility index (Phi) is 4.04. The van der Waals surface area contributed by atoms with Crippen LogP contribution in [0.4, 0.5) is 0 Å². The maximum atomic E-state index is 2.34. The molecule has 0 aromatic heterocycles. The van der Waals surface area contributed by atoms with Crippen molar-refractivity contribution >= 4 is 6.08 Å². The lowest BCUT2D eigenvalue weighted by atomic mass is 9.95. The largest absolute Gasteiger partial charge is 0.0654 e. The lowest BCUT2D eigenvalue weighted by molar-refractivity contribution is 0.666. The fourth-order valence-corrected chi connectivity index (χ4v) is 2.61. The fraction of sp³-hybridized carbons (Fsp3) is 0.471. The van der Waals surface area contributed by atoms with E-state index in [0.717, 1.165) is 0 Å². The molecule has 0 nitrogen and oxygen atoms in total. The zero-order valence-electron chi connectivity index (χ0n) is 11.3. The van der Waals surface area contributed by atoms with Gasteiger partial charge in [-0.1, -0.05) is 50.0 Å². The van der Waals surface area contributed by atoms with Crippen LogP contribution in [0.15, 0.2) is 17.7 Å². The second kappa shape index (κ2) is 5.53. The van der Waals surface area contributed by atoms with Gasteiger partial charge >= 0.3 is 0 Å². The highest BCUT2D eigenvalue weighted by atomic mass is 14.2. The first-order valence-electron chi connectivity index (χ1n) is 6.88. The van der Waals surface area contributed by atoms with Crippen molar-refractivity contribution in [3.63, 3.8) is 0 Å². The SMILES string of the molecule is CCCCCCc1ccc(C)c2c1C=C(C)[CH]2. The highest BCUT2D eigenvalue weighted by Gasteiger charge is 2.15. The minimum absolute atomic E-state index is 1.24. The Morgan fingerprint density at radius 3 is 2.53 bits per heavy atom. The number of allylic oxidation sites excluding steroid dienone is 1. The molecule has 0 spiro atoms. The maximum Gasteiger partial charge on any atom is 0.0164 e. The van der Waals surface area contributed by atoms with Crippen LogP contribution in [0, 0.1) is 13.3 Å². The molecule has 1 aromatic carbocycles. The van der Waals surface area contributed by atoms with Crippen LogP contribution < -0.4 is 0 Å². The molecule has 0 fully saturated rings. The van der Waals surface area contributed by atoms with Crippen molar-refractivity contribution in [2.24, 2.45) is 0 Å². The summed E-state index contributed by atoms with van der Waals surface area (Å²) >= 11 is 0. The van der Waals surface area contributed by atoms with E-state index in [1.165, 1.54) is 59.9 Å². The monoisotopic (exact) mass is 227 g/mol. The van der Waals surface area contributed by atoms with E-state index in [4.69, 9.17) is 0 Å². The Balaban J connectivity index is 2.10. The third-order valence-electron chi connectivity index (χ3n) is 3.64. The third kappa shape index (κ3) is 2.80.